The number of aromatic nitrogens is 2. The van der Waals surface area contributed by atoms with Gasteiger partial charge in [-0.1, -0.05) is 12.1 Å². The number of benzene rings is 1. The van der Waals surface area contributed by atoms with E-state index in [-0.39, 0.29) is 16.5 Å². The summed E-state index contributed by atoms with van der Waals surface area (Å²) in [6.45, 7) is 3.89. The minimum atomic E-state index is -0.516. The standard InChI is InChI=1S/C18H23N5O3/c1-12-5-9-22(10-6-12)14-4-3-13(11-15(14)23(24)25)16-20-17(21-26-16)18(19)7-2-8-18/h3-4,11-12H,2,5-10,19H2,1H3. The van der Waals surface area contributed by atoms with Gasteiger partial charge in [0.05, 0.1) is 10.5 Å². The van der Waals surface area contributed by atoms with E-state index in [1.54, 1.807) is 6.07 Å². The predicted molar refractivity (Wildman–Crippen MR) is 96.7 cm³/mol. The molecule has 8 nitrogen and oxygen atoms in total. The minimum Gasteiger partial charge on any atom is -0.366 e. The number of hydrogen-bond acceptors (Lipinski definition) is 7. The first-order valence-electron chi connectivity index (χ1n) is 9.13. The molecule has 2 aromatic rings. The second-order valence-electron chi connectivity index (χ2n) is 7.56. The van der Waals surface area contributed by atoms with Gasteiger partial charge in [0.2, 0.25) is 0 Å². The Labute approximate surface area is 151 Å². The second-order valence-corrected chi connectivity index (χ2v) is 7.56. The number of hydrogen-bond donors (Lipinski definition) is 1. The molecule has 1 saturated heterocycles. The molecule has 138 valence electrons. The van der Waals surface area contributed by atoms with Gasteiger partial charge in [0.1, 0.15) is 5.69 Å². The smallest absolute Gasteiger partial charge is 0.293 e. The SMILES string of the molecule is CC1CCN(c2ccc(-c3nc(C4(N)CCC4)no3)cc2[N+](=O)[O-])CC1. The number of rotatable bonds is 4. The van der Waals surface area contributed by atoms with Crippen LogP contribution >= 0.6 is 0 Å². The molecule has 2 heterocycles. The first-order chi connectivity index (χ1) is 12.5. The summed E-state index contributed by atoms with van der Waals surface area (Å²) in [6, 6.07) is 5.12. The largest absolute Gasteiger partial charge is 0.366 e. The van der Waals surface area contributed by atoms with Gasteiger partial charge in [-0.3, -0.25) is 10.1 Å². The molecule has 1 saturated carbocycles. The van der Waals surface area contributed by atoms with Crippen LogP contribution in [0.3, 0.4) is 0 Å². The lowest BCUT2D eigenvalue weighted by Crippen LogP contribution is -2.44. The Kier molecular flexibility index (Phi) is 4.14. The second kappa shape index (κ2) is 6.35. The zero-order chi connectivity index (χ0) is 18.3. The van der Waals surface area contributed by atoms with Crippen LogP contribution in [0.2, 0.25) is 0 Å². The first kappa shape index (κ1) is 17.0. The van der Waals surface area contributed by atoms with Gasteiger partial charge in [-0.25, -0.2) is 0 Å². The van der Waals surface area contributed by atoms with E-state index in [9.17, 15) is 10.1 Å². The predicted octanol–water partition coefficient (Wildman–Crippen LogP) is 3.22. The number of nitrogens with two attached hydrogens (primary N) is 1. The Morgan fingerprint density at radius 3 is 2.69 bits per heavy atom. The van der Waals surface area contributed by atoms with Crippen molar-refractivity contribution in [3.63, 3.8) is 0 Å². The normalized spacial score (nSPS) is 20.0. The lowest BCUT2D eigenvalue weighted by atomic mass is 9.77. The molecule has 0 atom stereocenters. The van der Waals surface area contributed by atoms with Gasteiger partial charge in [0.15, 0.2) is 5.82 Å². The quantitative estimate of drug-likeness (QED) is 0.660. The molecule has 2 fully saturated rings. The molecule has 0 bridgehead atoms. The van der Waals surface area contributed by atoms with Crippen molar-refractivity contribution in [2.24, 2.45) is 11.7 Å². The molecule has 2 aliphatic rings. The monoisotopic (exact) mass is 357 g/mol. The van der Waals surface area contributed by atoms with Gasteiger partial charge in [0.25, 0.3) is 11.6 Å². The molecule has 1 aliphatic heterocycles. The third kappa shape index (κ3) is 2.94. The lowest BCUT2D eigenvalue weighted by molar-refractivity contribution is -0.384. The third-order valence-electron chi connectivity index (χ3n) is 5.66. The van der Waals surface area contributed by atoms with Crippen molar-refractivity contribution < 1.29 is 9.45 Å². The van der Waals surface area contributed by atoms with Crippen molar-refractivity contribution in [3.8, 4) is 11.5 Å². The van der Waals surface area contributed by atoms with Crippen molar-refractivity contribution in [3.05, 3.63) is 34.1 Å². The fraction of sp³-hybridized carbons (Fsp3) is 0.556. The first-order valence-corrected chi connectivity index (χ1v) is 9.13. The summed E-state index contributed by atoms with van der Waals surface area (Å²) in [6.07, 6.45) is 4.81. The zero-order valence-corrected chi connectivity index (χ0v) is 14.9. The van der Waals surface area contributed by atoms with Crippen LogP contribution in [0, 0.1) is 16.0 Å². The van der Waals surface area contributed by atoms with Gasteiger partial charge in [-0.2, -0.15) is 4.98 Å². The van der Waals surface area contributed by atoms with Crippen LogP contribution in [0.15, 0.2) is 22.7 Å². The number of piperidine rings is 1. The molecule has 0 amide bonds. The number of anilines is 1. The summed E-state index contributed by atoms with van der Waals surface area (Å²) in [7, 11) is 0. The maximum absolute atomic E-state index is 11.6. The Balaban J connectivity index is 1.64. The van der Waals surface area contributed by atoms with E-state index in [4.69, 9.17) is 10.3 Å². The fourth-order valence-corrected chi connectivity index (χ4v) is 3.64. The summed E-state index contributed by atoms with van der Waals surface area (Å²) >= 11 is 0. The Bertz CT molecular complexity index is 822. The third-order valence-corrected chi connectivity index (χ3v) is 5.66. The molecular weight excluding hydrogens is 334 g/mol. The van der Waals surface area contributed by atoms with E-state index < -0.39 is 5.54 Å². The van der Waals surface area contributed by atoms with Gasteiger partial charge < -0.3 is 15.2 Å². The average molecular weight is 357 g/mol. The molecule has 1 aliphatic carbocycles. The van der Waals surface area contributed by atoms with Crippen LogP contribution in [0.25, 0.3) is 11.5 Å². The molecule has 26 heavy (non-hydrogen) atoms. The Hall–Kier alpha value is -2.48. The highest BCUT2D eigenvalue weighted by atomic mass is 16.6. The van der Waals surface area contributed by atoms with Crippen LogP contribution in [0.4, 0.5) is 11.4 Å². The van der Waals surface area contributed by atoms with Gasteiger partial charge >= 0.3 is 0 Å². The van der Waals surface area contributed by atoms with Crippen LogP contribution < -0.4 is 10.6 Å². The molecule has 0 unspecified atom stereocenters. The van der Waals surface area contributed by atoms with Crippen molar-refractivity contribution in [2.75, 3.05) is 18.0 Å². The Morgan fingerprint density at radius 1 is 1.35 bits per heavy atom. The fourth-order valence-electron chi connectivity index (χ4n) is 3.64. The molecule has 4 rings (SSSR count). The maximum Gasteiger partial charge on any atom is 0.293 e. The van der Waals surface area contributed by atoms with E-state index >= 15 is 0 Å². The summed E-state index contributed by atoms with van der Waals surface area (Å²) in [5.74, 6) is 1.42. The molecule has 8 heteroatoms. The van der Waals surface area contributed by atoms with Crippen LogP contribution in [0.5, 0.6) is 0 Å². The van der Waals surface area contributed by atoms with E-state index in [0.29, 0.717) is 23.0 Å². The molecule has 2 N–H and O–H groups in total. The van der Waals surface area contributed by atoms with E-state index in [1.807, 2.05) is 6.07 Å². The number of nitro groups is 1. The van der Waals surface area contributed by atoms with Gasteiger partial charge in [0, 0.05) is 24.7 Å². The van der Waals surface area contributed by atoms with E-state index in [0.717, 1.165) is 45.2 Å². The number of nitro benzene ring substituents is 1. The van der Waals surface area contributed by atoms with Crippen LogP contribution in [-0.2, 0) is 5.54 Å². The molecule has 0 radical (unpaired) electrons. The molecule has 1 aromatic heterocycles. The molecular formula is C18H23N5O3. The van der Waals surface area contributed by atoms with Crippen LogP contribution in [-0.4, -0.2) is 28.2 Å². The molecule has 0 spiro atoms. The molecule has 1 aromatic carbocycles. The van der Waals surface area contributed by atoms with Crippen molar-refractivity contribution >= 4 is 11.4 Å². The minimum absolute atomic E-state index is 0.0721. The van der Waals surface area contributed by atoms with E-state index in [2.05, 4.69) is 22.0 Å². The zero-order valence-electron chi connectivity index (χ0n) is 14.9. The topological polar surface area (TPSA) is 111 Å². The van der Waals surface area contributed by atoms with Gasteiger partial charge in [-0.15, -0.1) is 0 Å². The van der Waals surface area contributed by atoms with Gasteiger partial charge in [-0.05, 0) is 50.2 Å². The highest BCUT2D eigenvalue weighted by Gasteiger charge is 2.39. The van der Waals surface area contributed by atoms with Crippen LogP contribution in [0.1, 0.15) is 44.9 Å². The van der Waals surface area contributed by atoms with Crippen molar-refractivity contribution in [1.82, 2.24) is 10.1 Å². The summed E-state index contributed by atoms with van der Waals surface area (Å²) < 4.78 is 5.33. The summed E-state index contributed by atoms with van der Waals surface area (Å²) in [5.41, 5.74) is 6.98. The highest BCUT2D eigenvalue weighted by molar-refractivity contribution is 5.71. The van der Waals surface area contributed by atoms with E-state index in [1.165, 1.54) is 6.07 Å². The maximum atomic E-state index is 11.6. The highest BCUT2D eigenvalue weighted by Crippen LogP contribution is 2.39. The summed E-state index contributed by atoms with van der Waals surface area (Å²) in [4.78, 5) is 17.8. The van der Waals surface area contributed by atoms with Crippen molar-refractivity contribution in [2.45, 2.75) is 44.6 Å². The number of nitrogens with zero attached hydrogens (tertiary/aromatic N) is 4. The lowest BCUT2D eigenvalue weighted by Gasteiger charge is -2.34. The Morgan fingerprint density at radius 2 is 2.08 bits per heavy atom. The van der Waals surface area contributed by atoms with Crippen molar-refractivity contribution in [1.29, 1.82) is 0 Å². The summed E-state index contributed by atoms with van der Waals surface area (Å²) in [5, 5.41) is 15.6. The average Bonchev–Trinajstić information content (AvgIpc) is 3.10.